The molecule has 0 radical (unpaired) electrons. The van der Waals surface area contributed by atoms with E-state index in [4.69, 9.17) is 0 Å². The van der Waals surface area contributed by atoms with Crippen molar-refractivity contribution in [2.24, 2.45) is 0 Å². The van der Waals surface area contributed by atoms with E-state index in [2.05, 4.69) is 15.6 Å². The van der Waals surface area contributed by atoms with Gasteiger partial charge < -0.3 is 10.6 Å². The summed E-state index contributed by atoms with van der Waals surface area (Å²) in [5.74, 6) is -0.316. The fourth-order valence-electron chi connectivity index (χ4n) is 2.65. The van der Waals surface area contributed by atoms with Crippen LogP contribution in [0.15, 0.2) is 52.9 Å². The first kappa shape index (κ1) is 18.4. The maximum absolute atomic E-state index is 12.5. The van der Waals surface area contributed by atoms with Gasteiger partial charge in [-0.25, -0.2) is 4.98 Å². The summed E-state index contributed by atoms with van der Waals surface area (Å²) >= 11 is 3.21. The highest BCUT2D eigenvalue weighted by molar-refractivity contribution is 8.00. The highest BCUT2D eigenvalue weighted by atomic mass is 32.2. The number of nitrogens with one attached hydrogen (secondary N) is 2. The number of fused-ring (bicyclic) bond motifs is 1. The van der Waals surface area contributed by atoms with Crippen molar-refractivity contribution in [2.75, 3.05) is 11.6 Å². The molecule has 0 saturated carbocycles. The first-order valence-corrected chi connectivity index (χ1v) is 10.2. The minimum atomic E-state index is -0.357. The van der Waals surface area contributed by atoms with E-state index in [0.717, 1.165) is 25.8 Å². The van der Waals surface area contributed by atoms with Crippen molar-refractivity contribution in [3.8, 4) is 0 Å². The molecule has 2 N–H and O–H groups in total. The minimum absolute atomic E-state index is 0.151. The van der Waals surface area contributed by atoms with Gasteiger partial charge in [0.25, 0.3) is 0 Å². The average molecular weight is 386 g/mol. The van der Waals surface area contributed by atoms with Gasteiger partial charge in [-0.3, -0.25) is 9.59 Å². The number of nitrogens with zero attached hydrogens (tertiary/aromatic N) is 1. The van der Waals surface area contributed by atoms with Gasteiger partial charge in [-0.15, -0.1) is 11.3 Å². The van der Waals surface area contributed by atoms with E-state index in [9.17, 15) is 9.59 Å². The molecule has 0 spiro atoms. The summed E-state index contributed by atoms with van der Waals surface area (Å²) in [7, 11) is 0. The van der Waals surface area contributed by atoms with E-state index < -0.39 is 0 Å². The highest BCUT2D eigenvalue weighted by Crippen LogP contribution is 2.30. The minimum Gasteiger partial charge on any atom is -0.349 e. The molecule has 0 fully saturated rings. The molecule has 3 rings (SSSR count). The zero-order valence-corrected chi connectivity index (χ0v) is 16.1. The van der Waals surface area contributed by atoms with Gasteiger partial charge in [0, 0.05) is 12.6 Å². The zero-order valence-electron chi connectivity index (χ0n) is 14.5. The topological polar surface area (TPSA) is 71.1 Å². The van der Waals surface area contributed by atoms with Gasteiger partial charge in [0.1, 0.15) is 0 Å². The van der Waals surface area contributed by atoms with Crippen molar-refractivity contribution in [3.05, 3.63) is 54.1 Å². The molecule has 0 saturated heterocycles. The lowest BCUT2D eigenvalue weighted by atomic mass is 10.0. The second-order valence-corrected chi connectivity index (χ2v) is 7.87. The third-order valence-corrected chi connectivity index (χ3v) is 5.80. The van der Waals surface area contributed by atoms with Gasteiger partial charge in [0.05, 0.1) is 22.7 Å². The molecule has 1 aromatic heterocycles. The lowest BCUT2D eigenvalue weighted by Gasteiger charge is -2.18. The standard InChI is InChI=1S/C19H19N3O2S2/c1-12(23)20-16(13-6-4-3-5-7-13)11-18(24)21-14-8-9-15-17(10-14)26-19(22-15)25-2/h3-10,16H,11H2,1-2H3,(H,20,23)(H,21,24)/t16-/m0/s1. The number of thioether (sulfide) groups is 1. The summed E-state index contributed by atoms with van der Waals surface area (Å²) in [6, 6.07) is 14.8. The second kappa shape index (κ2) is 8.33. The summed E-state index contributed by atoms with van der Waals surface area (Å²) in [5.41, 5.74) is 2.56. The predicted molar refractivity (Wildman–Crippen MR) is 108 cm³/mol. The fraction of sp³-hybridized carbons (Fsp3) is 0.211. The molecule has 5 nitrogen and oxygen atoms in total. The van der Waals surface area contributed by atoms with E-state index in [1.807, 2.05) is 54.8 Å². The molecule has 1 atom stereocenters. The summed E-state index contributed by atoms with van der Waals surface area (Å²) in [6.45, 7) is 1.45. The average Bonchev–Trinajstić information content (AvgIpc) is 3.04. The van der Waals surface area contributed by atoms with Crippen LogP contribution in [0.5, 0.6) is 0 Å². The molecule has 2 aromatic carbocycles. The Labute approximate surface area is 160 Å². The number of rotatable bonds is 6. The first-order valence-electron chi connectivity index (χ1n) is 8.11. The fourth-order valence-corrected chi connectivity index (χ4v) is 4.18. The van der Waals surface area contributed by atoms with Gasteiger partial charge in [-0.05, 0) is 30.0 Å². The van der Waals surface area contributed by atoms with Crippen molar-refractivity contribution in [2.45, 2.75) is 23.7 Å². The Bertz CT molecular complexity index is 925. The summed E-state index contributed by atoms with van der Waals surface area (Å²) in [4.78, 5) is 28.5. The maximum Gasteiger partial charge on any atom is 0.226 e. The molecule has 1 heterocycles. The smallest absolute Gasteiger partial charge is 0.226 e. The molecule has 0 aliphatic carbocycles. The van der Waals surface area contributed by atoms with E-state index in [0.29, 0.717) is 0 Å². The third-order valence-electron chi connectivity index (χ3n) is 3.80. The van der Waals surface area contributed by atoms with E-state index in [-0.39, 0.29) is 24.3 Å². The van der Waals surface area contributed by atoms with Gasteiger partial charge in [0.15, 0.2) is 4.34 Å². The summed E-state index contributed by atoms with van der Waals surface area (Å²) in [5, 5.41) is 5.76. The molecular weight excluding hydrogens is 366 g/mol. The number of anilines is 1. The quantitative estimate of drug-likeness (QED) is 0.623. The third kappa shape index (κ3) is 4.62. The van der Waals surface area contributed by atoms with Crippen LogP contribution in [-0.4, -0.2) is 23.1 Å². The molecule has 0 unspecified atom stereocenters. The van der Waals surface area contributed by atoms with E-state index in [1.54, 1.807) is 23.1 Å². The Balaban J connectivity index is 1.72. The molecular formula is C19H19N3O2S2. The molecule has 134 valence electrons. The lowest BCUT2D eigenvalue weighted by molar-refractivity contribution is -0.120. The van der Waals surface area contributed by atoms with Crippen LogP contribution < -0.4 is 10.6 Å². The van der Waals surface area contributed by atoms with Crippen LogP contribution >= 0.6 is 23.1 Å². The Hall–Kier alpha value is -2.38. The van der Waals surface area contributed by atoms with E-state index >= 15 is 0 Å². The molecule has 7 heteroatoms. The normalized spacial score (nSPS) is 11.9. The number of hydrogen-bond acceptors (Lipinski definition) is 5. The number of hydrogen-bond donors (Lipinski definition) is 2. The molecule has 3 aromatic rings. The number of carbonyl (C=O) groups is 2. The van der Waals surface area contributed by atoms with E-state index in [1.165, 1.54) is 6.92 Å². The van der Waals surface area contributed by atoms with Crippen LogP contribution in [0, 0.1) is 0 Å². The zero-order chi connectivity index (χ0) is 18.5. The van der Waals surface area contributed by atoms with Gasteiger partial charge in [0.2, 0.25) is 11.8 Å². The van der Waals surface area contributed by atoms with Crippen molar-refractivity contribution < 1.29 is 9.59 Å². The van der Waals surface area contributed by atoms with Crippen LogP contribution in [0.2, 0.25) is 0 Å². The molecule has 0 aliphatic rings. The highest BCUT2D eigenvalue weighted by Gasteiger charge is 2.17. The van der Waals surface area contributed by atoms with Crippen molar-refractivity contribution in [1.82, 2.24) is 10.3 Å². The first-order chi connectivity index (χ1) is 12.5. The summed E-state index contributed by atoms with van der Waals surface area (Å²) < 4.78 is 2.03. The van der Waals surface area contributed by atoms with Crippen molar-refractivity contribution >= 4 is 50.8 Å². The Morgan fingerprint density at radius 1 is 1.19 bits per heavy atom. The van der Waals surface area contributed by atoms with Crippen LogP contribution in [0.3, 0.4) is 0 Å². The Kier molecular flexibility index (Phi) is 5.90. The van der Waals surface area contributed by atoms with Gasteiger partial charge >= 0.3 is 0 Å². The van der Waals surface area contributed by atoms with Crippen LogP contribution in [0.1, 0.15) is 24.9 Å². The monoisotopic (exact) mass is 385 g/mol. The Morgan fingerprint density at radius 3 is 2.65 bits per heavy atom. The van der Waals surface area contributed by atoms with Crippen molar-refractivity contribution in [1.29, 1.82) is 0 Å². The second-order valence-electron chi connectivity index (χ2n) is 5.78. The number of carbonyl (C=O) groups excluding carboxylic acids is 2. The Morgan fingerprint density at radius 2 is 1.96 bits per heavy atom. The molecule has 0 bridgehead atoms. The molecule has 2 amide bonds. The molecule has 26 heavy (non-hydrogen) atoms. The van der Waals surface area contributed by atoms with Crippen LogP contribution in [0.25, 0.3) is 10.2 Å². The maximum atomic E-state index is 12.5. The van der Waals surface area contributed by atoms with Gasteiger partial charge in [-0.1, -0.05) is 42.1 Å². The largest absolute Gasteiger partial charge is 0.349 e. The number of aromatic nitrogens is 1. The lowest BCUT2D eigenvalue weighted by Crippen LogP contribution is -2.29. The molecule has 0 aliphatic heterocycles. The summed E-state index contributed by atoms with van der Waals surface area (Å²) in [6.07, 6.45) is 2.16. The SMILES string of the molecule is CSc1nc2ccc(NC(=O)C[C@H](NC(C)=O)c3ccccc3)cc2s1. The number of thiazole rings is 1. The number of benzene rings is 2. The van der Waals surface area contributed by atoms with Crippen molar-refractivity contribution in [3.63, 3.8) is 0 Å². The van der Waals surface area contributed by atoms with Gasteiger partial charge in [-0.2, -0.15) is 0 Å². The van der Waals surface area contributed by atoms with Crippen LogP contribution in [-0.2, 0) is 9.59 Å². The number of amides is 2. The van der Waals surface area contributed by atoms with Crippen LogP contribution in [0.4, 0.5) is 5.69 Å². The predicted octanol–water partition coefficient (Wildman–Crippen LogP) is 4.22.